The van der Waals surface area contributed by atoms with Crippen molar-refractivity contribution >= 4 is 27.7 Å². The summed E-state index contributed by atoms with van der Waals surface area (Å²) in [5, 5.41) is 2.76. The van der Waals surface area contributed by atoms with E-state index in [2.05, 4.69) is 5.32 Å². The zero-order valence-electron chi connectivity index (χ0n) is 20.4. The lowest BCUT2D eigenvalue weighted by Crippen LogP contribution is -2.53. The predicted octanol–water partition coefficient (Wildman–Crippen LogP) is 2.91. The van der Waals surface area contributed by atoms with Gasteiger partial charge in [0.25, 0.3) is 0 Å². The fourth-order valence-corrected chi connectivity index (χ4v) is 4.49. The molecule has 0 fully saturated rings. The molecule has 0 aliphatic rings. The molecule has 0 aliphatic carbocycles. The maximum absolute atomic E-state index is 14.6. The van der Waals surface area contributed by atoms with E-state index in [0.717, 1.165) is 10.4 Å². The highest BCUT2D eigenvalue weighted by Gasteiger charge is 2.34. The summed E-state index contributed by atoms with van der Waals surface area (Å²) < 4.78 is 55.7. The molecule has 1 N–H and O–H groups in total. The van der Waals surface area contributed by atoms with Crippen LogP contribution in [0.3, 0.4) is 0 Å². The largest absolute Gasteiger partial charge is 0.354 e. The number of amides is 2. The third kappa shape index (κ3) is 7.22. The second-order valence-electron chi connectivity index (χ2n) is 8.11. The molecule has 0 radical (unpaired) electrons. The predicted molar refractivity (Wildman–Crippen MR) is 131 cm³/mol. The minimum Gasteiger partial charge on any atom is -0.354 e. The molecule has 0 heterocycles. The fourth-order valence-electron chi connectivity index (χ4n) is 3.43. The SMILES string of the molecule is CCCNC(=O)C(CC)N(Cc1ccc(F)cc1)C(=O)CN(c1ccccc1F)S(=O)(=O)N(C)C. The fraction of sp³-hybridized carbons (Fsp3) is 0.417. The summed E-state index contributed by atoms with van der Waals surface area (Å²) in [5.74, 6) is -2.37. The van der Waals surface area contributed by atoms with E-state index in [9.17, 15) is 26.8 Å². The van der Waals surface area contributed by atoms with E-state index in [1.54, 1.807) is 6.92 Å². The Labute approximate surface area is 205 Å². The number of hydrogen-bond acceptors (Lipinski definition) is 4. The quantitative estimate of drug-likeness (QED) is 0.476. The first-order chi connectivity index (χ1) is 16.5. The molecule has 2 aromatic rings. The molecule has 2 amide bonds. The Morgan fingerprint density at radius 2 is 1.63 bits per heavy atom. The van der Waals surface area contributed by atoms with Gasteiger partial charge < -0.3 is 10.2 Å². The van der Waals surface area contributed by atoms with Gasteiger partial charge in [-0.15, -0.1) is 0 Å². The van der Waals surface area contributed by atoms with Gasteiger partial charge in [-0.3, -0.25) is 9.59 Å². The van der Waals surface area contributed by atoms with Crippen LogP contribution in [0.5, 0.6) is 0 Å². The van der Waals surface area contributed by atoms with Crippen molar-refractivity contribution in [3.05, 3.63) is 65.7 Å². The third-order valence-electron chi connectivity index (χ3n) is 5.34. The van der Waals surface area contributed by atoms with Crippen molar-refractivity contribution in [3.63, 3.8) is 0 Å². The number of rotatable bonds is 12. The molecule has 0 saturated carbocycles. The topological polar surface area (TPSA) is 90.0 Å². The first kappa shape index (κ1) is 28.2. The molecule has 8 nitrogen and oxygen atoms in total. The normalized spacial score (nSPS) is 12.3. The number of carbonyl (C=O) groups is 2. The summed E-state index contributed by atoms with van der Waals surface area (Å²) in [5.41, 5.74) is 0.258. The van der Waals surface area contributed by atoms with Gasteiger partial charge in [-0.2, -0.15) is 12.7 Å². The van der Waals surface area contributed by atoms with Crippen LogP contribution < -0.4 is 9.62 Å². The highest BCUT2D eigenvalue weighted by molar-refractivity contribution is 7.90. The smallest absolute Gasteiger partial charge is 0.304 e. The van der Waals surface area contributed by atoms with Crippen LogP contribution in [0.2, 0.25) is 0 Å². The van der Waals surface area contributed by atoms with Gasteiger partial charge in [0.05, 0.1) is 5.69 Å². The van der Waals surface area contributed by atoms with Crippen LogP contribution in [-0.2, 0) is 26.3 Å². The van der Waals surface area contributed by atoms with Gasteiger partial charge in [0.2, 0.25) is 11.8 Å². The number of carbonyl (C=O) groups excluding carboxylic acids is 2. The van der Waals surface area contributed by atoms with E-state index in [-0.39, 0.29) is 18.7 Å². The highest BCUT2D eigenvalue weighted by Crippen LogP contribution is 2.24. The van der Waals surface area contributed by atoms with E-state index >= 15 is 0 Å². The number of nitrogens with zero attached hydrogens (tertiary/aromatic N) is 3. The van der Waals surface area contributed by atoms with Gasteiger partial charge in [-0.05, 0) is 42.7 Å². The van der Waals surface area contributed by atoms with Gasteiger partial charge in [-0.1, -0.05) is 38.1 Å². The van der Waals surface area contributed by atoms with Gasteiger partial charge in [0.15, 0.2) is 0 Å². The monoisotopic (exact) mass is 510 g/mol. The van der Waals surface area contributed by atoms with E-state index in [0.29, 0.717) is 22.8 Å². The number of halogens is 2. The lowest BCUT2D eigenvalue weighted by molar-refractivity contribution is -0.140. The maximum Gasteiger partial charge on any atom is 0.304 e. The molecule has 1 unspecified atom stereocenters. The van der Waals surface area contributed by atoms with Crippen molar-refractivity contribution in [2.45, 2.75) is 39.3 Å². The third-order valence-corrected chi connectivity index (χ3v) is 7.15. The highest BCUT2D eigenvalue weighted by atomic mass is 32.2. The molecule has 35 heavy (non-hydrogen) atoms. The summed E-state index contributed by atoms with van der Waals surface area (Å²) in [6, 6.07) is 9.76. The Morgan fingerprint density at radius 3 is 2.17 bits per heavy atom. The summed E-state index contributed by atoms with van der Waals surface area (Å²) >= 11 is 0. The molecule has 0 aromatic heterocycles. The van der Waals surface area contributed by atoms with Crippen molar-refractivity contribution in [2.24, 2.45) is 0 Å². The maximum atomic E-state index is 14.6. The van der Waals surface area contributed by atoms with Crippen LogP contribution >= 0.6 is 0 Å². The van der Waals surface area contributed by atoms with Gasteiger partial charge in [-0.25, -0.2) is 13.1 Å². The molecule has 0 saturated heterocycles. The Kier molecular flexibility index (Phi) is 10.1. The summed E-state index contributed by atoms with van der Waals surface area (Å²) in [6.07, 6.45) is 0.943. The van der Waals surface area contributed by atoms with E-state index in [4.69, 9.17) is 0 Å². The molecule has 11 heteroatoms. The Balaban J connectivity index is 2.49. The van der Waals surface area contributed by atoms with Crippen LogP contribution in [-0.4, -0.2) is 62.7 Å². The van der Waals surface area contributed by atoms with E-state index in [1.807, 2.05) is 6.92 Å². The first-order valence-electron chi connectivity index (χ1n) is 11.3. The average Bonchev–Trinajstić information content (AvgIpc) is 2.82. The van der Waals surface area contributed by atoms with Crippen molar-refractivity contribution in [3.8, 4) is 0 Å². The number of nitrogens with one attached hydrogen (secondary N) is 1. The Bertz CT molecular complexity index is 1110. The molecule has 0 aliphatic heterocycles. The van der Waals surface area contributed by atoms with E-state index < -0.39 is 46.2 Å². The van der Waals surface area contributed by atoms with Crippen molar-refractivity contribution in [2.75, 3.05) is 31.5 Å². The number of benzene rings is 2. The Morgan fingerprint density at radius 1 is 1.00 bits per heavy atom. The van der Waals surface area contributed by atoms with Crippen LogP contribution in [0.15, 0.2) is 48.5 Å². The minimum atomic E-state index is -4.26. The average molecular weight is 511 g/mol. The summed E-state index contributed by atoms with van der Waals surface area (Å²) in [7, 11) is -1.71. The number of anilines is 1. The lowest BCUT2D eigenvalue weighted by atomic mass is 10.1. The Hall–Kier alpha value is -3.05. The number of hydrogen-bond donors (Lipinski definition) is 1. The molecular weight excluding hydrogens is 478 g/mol. The van der Waals surface area contributed by atoms with E-state index in [1.165, 1.54) is 61.5 Å². The second kappa shape index (κ2) is 12.6. The molecular formula is C24H32F2N4O4S. The molecule has 2 rings (SSSR count). The summed E-state index contributed by atoms with van der Waals surface area (Å²) in [4.78, 5) is 27.7. The van der Waals surface area contributed by atoms with Gasteiger partial charge in [0, 0.05) is 27.2 Å². The standard InChI is InChI=1S/C24H32F2N4O4S/c1-5-15-27-24(32)21(6-2)29(16-18-11-13-19(25)14-12-18)23(31)17-30(35(33,34)28(3)4)22-10-8-7-9-20(22)26/h7-14,21H,5-6,15-17H2,1-4H3,(H,27,32). The van der Waals surface area contributed by atoms with Crippen molar-refractivity contribution < 1.29 is 26.8 Å². The number of para-hydroxylation sites is 1. The van der Waals surface area contributed by atoms with Crippen LogP contribution in [0, 0.1) is 11.6 Å². The molecule has 0 spiro atoms. The first-order valence-corrected chi connectivity index (χ1v) is 12.7. The minimum absolute atomic E-state index is 0.0652. The zero-order chi connectivity index (χ0) is 26.2. The van der Waals surface area contributed by atoms with Crippen molar-refractivity contribution in [1.29, 1.82) is 0 Å². The van der Waals surface area contributed by atoms with Crippen LogP contribution in [0.25, 0.3) is 0 Å². The summed E-state index contributed by atoms with van der Waals surface area (Å²) in [6.45, 7) is 3.22. The molecule has 192 valence electrons. The lowest BCUT2D eigenvalue weighted by Gasteiger charge is -2.34. The molecule has 2 aromatic carbocycles. The molecule has 1 atom stereocenters. The van der Waals surface area contributed by atoms with Gasteiger partial charge >= 0.3 is 10.2 Å². The van der Waals surface area contributed by atoms with Crippen LogP contribution in [0.1, 0.15) is 32.3 Å². The zero-order valence-corrected chi connectivity index (χ0v) is 21.2. The van der Waals surface area contributed by atoms with Crippen LogP contribution in [0.4, 0.5) is 14.5 Å². The van der Waals surface area contributed by atoms with Crippen molar-refractivity contribution in [1.82, 2.24) is 14.5 Å². The second-order valence-corrected chi connectivity index (χ2v) is 10.2. The molecule has 0 bridgehead atoms. The van der Waals surface area contributed by atoms with Gasteiger partial charge in [0.1, 0.15) is 24.2 Å².